The molecule has 1 amide bonds. The van der Waals surface area contributed by atoms with Crippen LogP contribution in [0.25, 0.3) is 22.3 Å². The number of carbonyl (C=O) groups excluding carboxylic acids is 1. The summed E-state index contributed by atoms with van der Waals surface area (Å²) in [5.41, 5.74) is 3.62. The first-order valence-electron chi connectivity index (χ1n) is 12.6. The van der Waals surface area contributed by atoms with Gasteiger partial charge in [-0.1, -0.05) is 24.3 Å². The Hall–Kier alpha value is -5.18. The molecule has 0 bridgehead atoms. The fraction of sp³-hybridized carbons (Fsp3) is 0.0938. The number of halogens is 3. The summed E-state index contributed by atoms with van der Waals surface area (Å²) in [6.45, 7) is 1.88. The van der Waals surface area contributed by atoms with Crippen molar-refractivity contribution >= 4 is 23.1 Å². The van der Waals surface area contributed by atoms with Crippen molar-refractivity contribution in [3.63, 3.8) is 0 Å². The van der Waals surface area contributed by atoms with E-state index in [1.807, 2.05) is 31.2 Å². The van der Waals surface area contributed by atoms with E-state index in [0.717, 1.165) is 28.8 Å². The fourth-order valence-electron chi connectivity index (χ4n) is 4.26. The maximum atomic E-state index is 13.7. The Balaban J connectivity index is 1.41. The highest BCUT2D eigenvalue weighted by Crippen LogP contribution is 2.35. The van der Waals surface area contributed by atoms with Crippen molar-refractivity contribution in [1.29, 1.82) is 0 Å². The van der Waals surface area contributed by atoms with E-state index in [-0.39, 0.29) is 11.3 Å². The van der Waals surface area contributed by atoms with Crippen LogP contribution >= 0.6 is 0 Å². The number of anilines is 3. The highest BCUT2D eigenvalue weighted by molar-refractivity contribution is 6.05. The van der Waals surface area contributed by atoms with Gasteiger partial charge in [0.15, 0.2) is 0 Å². The molecule has 3 aromatic carbocycles. The minimum Gasteiger partial charge on any atom is -0.497 e. The summed E-state index contributed by atoms with van der Waals surface area (Å²) in [5.74, 6) is 0.594. The summed E-state index contributed by atoms with van der Waals surface area (Å²) in [5, 5.41) is 5.87. The Morgan fingerprint density at radius 2 is 1.63 bits per heavy atom. The molecule has 6 nitrogen and oxygen atoms in total. The van der Waals surface area contributed by atoms with Crippen molar-refractivity contribution in [3.05, 3.63) is 120 Å². The zero-order valence-electron chi connectivity index (χ0n) is 22.2. The number of methoxy groups -OCH3 is 1. The Morgan fingerprint density at radius 3 is 2.34 bits per heavy atom. The summed E-state index contributed by atoms with van der Waals surface area (Å²) in [6.07, 6.45) is 0.525. The van der Waals surface area contributed by atoms with Crippen molar-refractivity contribution in [2.24, 2.45) is 0 Å². The molecule has 0 unspecified atom stereocenters. The van der Waals surface area contributed by atoms with E-state index in [9.17, 15) is 18.0 Å². The lowest BCUT2D eigenvalue weighted by atomic mass is 10.0. The highest BCUT2D eigenvalue weighted by atomic mass is 19.4. The molecule has 9 heteroatoms. The summed E-state index contributed by atoms with van der Waals surface area (Å²) in [6, 6.07) is 22.7. The third-order valence-electron chi connectivity index (χ3n) is 6.46. The molecular formula is C32H25F3N4O2. The summed E-state index contributed by atoms with van der Waals surface area (Å²) in [4.78, 5) is 21.7. The topological polar surface area (TPSA) is 76.1 Å². The van der Waals surface area contributed by atoms with E-state index in [0.29, 0.717) is 28.4 Å². The Morgan fingerprint density at radius 1 is 0.829 bits per heavy atom. The number of pyridine rings is 2. The average Bonchev–Trinajstić information content (AvgIpc) is 2.98. The minimum atomic E-state index is -4.60. The second-order valence-corrected chi connectivity index (χ2v) is 9.31. The van der Waals surface area contributed by atoms with E-state index in [2.05, 4.69) is 20.6 Å². The SMILES string of the molecule is COc1ccc(-c2cc(NC(=O)c3ccc(C)c(Nc4cc(-c5cccnc5)ccn4)c3)cc(C(F)(F)F)c2)cc1. The van der Waals surface area contributed by atoms with Crippen LogP contribution in [0.15, 0.2) is 104 Å². The number of aromatic nitrogens is 2. The first kappa shape index (κ1) is 27.4. The lowest BCUT2D eigenvalue weighted by Gasteiger charge is -2.15. The third kappa shape index (κ3) is 6.52. The van der Waals surface area contributed by atoms with Crippen LogP contribution in [-0.4, -0.2) is 23.0 Å². The molecule has 206 valence electrons. The fourth-order valence-corrected chi connectivity index (χ4v) is 4.26. The van der Waals surface area contributed by atoms with Gasteiger partial charge in [0, 0.05) is 41.1 Å². The van der Waals surface area contributed by atoms with Crippen LogP contribution in [-0.2, 0) is 6.18 Å². The van der Waals surface area contributed by atoms with E-state index in [1.54, 1.807) is 61.1 Å². The predicted octanol–water partition coefficient (Wildman–Crippen LogP) is 8.14. The number of amides is 1. The van der Waals surface area contributed by atoms with Gasteiger partial charge >= 0.3 is 6.18 Å². The molecule has 5 rings (SSSR count). The van der Waals surface area contributed by atoms with E-state index < -0.39 is 17.6 Å². The van der Waals surface area contributed by atoms with Gasteiger partial charge in [-0.3, -0.25) is 9.78 Å². The van der Waals surface area contributed by atoms with Crippen LogP contribution in [0.3, 0.4) is 0 Å². The van der Waals surface area contributed by atoms with Crippen molar-refractivity contribution in [3.8, 4) is 28.0 Å². The normalized spacial score (nSPS) is 11.1. The van der Waals surface area contributed by atoms with Gasteiger partial charge in [0.1, 0.15) is 11.6 Å². The quantitative estimate of drug-likeness (QED) is 0.212. The number of benzene rings is 3. The molecule has 5 aromatic rings. The highest BCUT2D eigenvalue weighted by Gasteiger charge is 2.31. The zero-order valence-corrected chi connectivity index (χ0v) is 22.2. The van der Waals surface area contributed by atoms with Gasteiger partial charge in [0.05, 0.1) is 12.7 Å². The first-order valence-corrected chi connectivity index (χ1v) is 12.6. The number of ether oxygens (including phenoxy) is 1. The molecule has 0 saturated heterocycles. The van der Waals surface area contributed by atoms with Crippen LogP contribution in [0.4, 0.5) is 30.4 Å². The van der Waals surface area contributed by atoms with Gasteiger partial charge in [-0.15, -0.1) is 0 Å². The third-order valence-corrected chi connectivity index (χ3v) is 6.46. The maximum absolute atomic E-state index is 13.7. The summed E-state index contributed by atoms with van der Waals surface area (Å²) in [7, 11) is 1.51. The number of aryl methyl sites for hydroxylation is 1. The van der Waals surface area contributed by atoms with Gasteiger partial charge in [0.2, 0.25) is 0 Å². The molecule has 0 aliphatic rings. The van der Waals surface area contributed by atoms with Crippen LogP contribution in [0.2, 0.25) is 0 Å². The van der Waals surface area contributed by atoms with Crippen molar-refractivity contribution < 1.29 is 22.7 Å². The lowest BCUT2D eigenvalue weighted by Crippen LogP contribution is -2.14. The van der Waals surface area contributed by atoms with Crippen LogP contribution in [0.1, 0.15) is 21.5 Å². The van der Waals surface area contributed by atoms with Crippen molar-refractivity contribution in [2.45, 2.75) is 13.1 Å². The largest absolute Gasteiger partial charge is 0.497 e. The van der Waals surface area contributed by atoms with Crippen molar-refractivity contribution in [1.82, 2.24) is 9.97 Å². The van der Waals surface area contributed by atoms with Gasteiger partial charge in [-0.25, -0.2) is 4.98 Å². The second-order valence-electron chi connectivity index (χ2n) is 9.31. The smallest absolute Gasteiger partial charge is 0.416 e. The molecule has 41 heavy (non-hydrogen) atoms. The van der Waals surface area contributed by atoms with E-state index in [4.69, 9.17) is 4.74 Å². The molecule has 0 aliphatic heterocycles. The molecule has 2 heterocycles. The molecule has 0 aliphatic carbocycles. The monoisotopic (exact) mass is 554 g/mol. The number of nitrogens with zero attached hydrogens (tertiary/aromatic N) is 2. The number of hydrogen-bond acceptors (Lipinski definition) is 5. The number of alkyl halides is 3. The molecule has 0 saturated carbocycles. The van der Waals surface area contributed by atoms with Crippen LogP contribution in [0.5, 0.6) is 5.75 Å². The molecular weight excluding hydrogens is 529 g/mol. The summed E-state index contributed by atoms with van der Waals surface area (Å²) < 4.78 is 46.3. The van der Waals surface area contributed by atoms with E-state index >= 15 is 0 Å². The molecule has 0 fully saturated rings. The molecule has 0 atom stereocenters. The molecule has 0 spiro atoms. The van der Waals surface area contributed by atoms with Gasteiger partial charge < -0.3 is 15.4 Å². The Bertz CT molecular complexity index is 1690. The maximum Gasteiger partial charge on any atom is 0.416 e. The molecule has 0 radical (unpaired) electrons. The second kappa shape index (κ2) is 11.5. The summed E-state index contributed by atoms with van der Waals surface area (Å²) >= 11 is 0. The van der Waals surface area contributed by atoms with Gasteiger partial charge in [-0.05, 0) is 89.8 Å². The standard InChI is InChI=1S/C32H25F3N4O2/c1-20-5-6-23(16-29(20)39-30-17-22(11-13-37-30)24-4-3-12-36-19-24)31(40)38-27-15-25(14-26(18-27)32(33,34)35)21-7-9-28(41-2)10-8-21/h3-19H,1-2H3,(H,37,39)(H,38,40). The molecule has 2 aromatic heterocycles. The zero-order chi connectivity index (χ0) is 29.0. The minimum absolute atomic E-state index is 0.0246. The number of nitrogens with one attached hydrogen (secondary N) is 2. The van der Waals surface area contributed by atoms with Gasteiger partial charge in [0.25, 0.3) is 5.91 Å². The molecule has 2 N–H and O–H groups in total. The number of hydrogen-bond donors (Lipinski definition) is 2. The van der Waals surface area contributed by atoms with Crippen molar-refractivity contribution in [2.75, 3.05) is 17.7 Å². The van der Waals surface area contributed by atoms with Crippen LogP contribution in [0, 0.1) is 6.92 Å². The number of carbonyl (C=O) groups is 1. The predicted molar refractivity (Wildman–Crippen MR) is 153 cm³/mol. The average molecular weight is 555 g/mol. The Kier molecular flexibility index (Phi) is 7.69. The van der Waals surface area contributed by atoms with E-state index in [1.165, 1.54) is 13.2 Å². The van der Waals surface area contributed by atoms with Crippen LogP contribution < -0.4 is 15.4 Å². The first-order chi connectivity index (χ1) is 19.7. The van der Waals surface area contributed by atoms with Gasteiger partial charge in [-0.2, -0.15) is 13.2 Å². The number of rotatable bonds is 7. The Labute approximate surface area is 234 Å². The lowest BCUT2D eigenvalue weighted by molar-refractivity contribution is -0.137.